The maximum atomic E-state index is 6.18. The van der Waals surface area contributed by atoms with Crippen LogP contribution in [0.5, 0.6) is 5.75 Å². The summed E-state index contributed by atoms with van der Waals surface area (Å²) in [6.07, 6.45) is 2.32. The molecule has 0 spiro atoms. The first kappa shape index (κ1) is 12.7. The fourth-order valence-electron chi connectivity index (χ4n) is 2.53. The fraction of sp³-hybridized carbons (Fsp3) is 0.571. The van der Waals surface area contributed by atoms with Crippen molar-refractivity contribution in [2.24, 2.45) is 5.73 Å². The predicted molar refractivity (Wildman–Crippen MR) is 72.1 cm³/mol. The van der Waals surface area contributed by atoms with E-state index >= 15 is 0 Å². The van der Waals surface area contributed by atoms with Gasteiger partial charge in [0.15, 0.2) is 0 Å². The molecular weight excluding hydrogens is 234 g/mol. The van der Waals surface area contributed by atoms with Crippen LogP contribution in [0.4, 0.5) is 0 Å². The van der Waals surface area contributed by atoms with E-state index in [2.05, 4.69) is 19.9 Å². The molecule has 3 heteroatoms. The number of hydrogen-bond acceptors (Lipinski definition) is 2. The highest BCUT2D eigenvalue weighted by molar-refractivity contribution is 6.30. The molecule has 0 heterocycles. The molecule has 1 aliphatic rings. The van der Waals surface area contributed by atoms with E-state index in [1.807, 2.05) is 6.07 Å². The summed E-state index contributed by atoms with van der Waals surface area (Å²) in [4.78, 5) is 0. The Morgan fingerprint density at radius 1 is 1.41 bits per heavy atom. The first-order valence-electron chi connectivity index (χ1n) is 6.12. The predicted octanol–water partition coefficient (Wildman–Crippen LogP) is 3.46. The molecule has 0 saturated heterocycles. The van der Waals surface area contributed by atoms with Crippen LogP contribution < -0.4 is 10.5 Å². The molecule has 94 valence electrons. The van der Waals surface area contributed by atoms with Crippen molar-refractivity contribution in [1.29, 1.82) is 0 Å². The average molecular weight is 254 g/mol. The topological polar surface area (TPSA) is 35.2 Å². The standard InChI is InChI=1S/C14H20ClNO/c1-9(2)13-11(14(8-16)4-5-14)6-10(15)7-12(13)17-3/h6-7,9H,4-5,8,16H2,1-3H3. The van der Waals surface area contributed by atoms with Gasteiger partial charge in [0.2, 0.25) is 0 Å². The van der Waals surface area contributed by atoms with Gasteiger partial charge >= 0.3 is 0 Å². The van der Waals surface area contributed by atoms with Crippen LogP contribution in [-0.2, 0) is 5.41 Å². The first-order valence-corrected chi connectivity index (χ1v) is 6.50. The van der Waals surface area contributed by atoms with Crippen molar-refractivity contribution in [1.82, 2.24) is 0 Å². The monoisotopic (exact) mass is 253 g/mol. The molecule has 1 fully saturated rings. The van der Waals surface area contributed by atoms with Crippen molar-refractivity contribution in [3.8, 4) is 5.75 Å². The molecule has 1 aromatic carbocycles. The molecule has 0 unspecified atom stereocenters. The van der Waals surface area contributed by atoms with Crippen LogP contribution in [0.1, 0.15) is 43.7 Å². The Hall–Kier alpha value is -0.730. The summed E-state index contributed by atoms with van der Waals surface area (Å²) in [5.41, 5.74) is 8.63. The van der Waals surface area contributed by atoms with Gasteiger partial charge in [-0.15, -0.1) is 0 Å². The lowest BCUT2D eigenvalue weighted by Crippen LogP contribution is -2.22. The van der Waals surface area contributed by atoms with Crippen LogP contribution in [0, 0.1) is 0 Å². The molecule has 0 aliphatic heterocycles. The number of benzene rings is 1. The first-order chi connectivity index (χ1) is 8.04. The zero-order chi connectivity index (χ0) is 12.6. The molecule has 1 aromatic rings. The largest absolute Gasteiger partial charge is 0.496 e. The summed E-state index contributed by atoms with van der Waals surface area (Å²) < 4.78 is 5.47. The highest BCUT2D eigenvalue weighted by atomic mass is 35.5. The van der Waals surface area contributed by atoms with Gasteiger partial charge in [-0.2, -0.15) is 0 Å². The highest BCUT2D eigenvalue weighted by Gasteiger charge is 2.45. The van der Waals surface area contributed by atoms with E-state index < -0.39 is 0 Å². The minimum absolute atomic E-state index is 0.151. The summed E-state index contributed by atoms with van der Waals surface area (Å²) in [7, 11) is 1.70. The van der Waals surface area contributed by atoms with Crippen LogP contribution in [-0.4, -0.2) is 13.7 Å². The molecule has 17 heavy (non-hydrogen) atoms. The lowest BCUT2D eigenvalue weighted by molar-refractivity contribution is 0.405. The quantitative estimate of drug-likeness (QED) is 0.892. The van der Waals surface area contributed by atoms with Crippen LogP contribution in [0.25, 0.3) is 0 Å². The molecule has 1 saturated carbocycles. The van der Waals surface area contributed by atoms with E-state index in [-0.39, 0.29) is 5.41 Å². The van der Waals surface area contributed by atoms with Crippen molar-refractivity contribution in [3.63, 3.8) is 0 Å². The second kappa shape index (κ2) is 4.51. The molecule has 0 bridgehead atoms. The van der Waals surface area contributed by atoms with Gasteiger partial charge in [-0.05, 0) is 36.5 Å². The molecule has 2 nitrogen and oxygen atoms in total. The maximum absolute atomic E-state index is 6.18. The molecule has 0 amide bonds. The highest BCUT2D eigenvalue weighted by Crippen LogP contribution is 2.52. The van der Waals surface area contributed by atoms with Gasteiger partial charge < -0.3 is 10.5 Å². The van der Waals surface area contributed by atoms with Gasteiger partial charge in [0, 0.05) is 22.5 Å². The van der Waals surface area contributed by atoms with Gasteiger partial charge in [0.05, 0.1) is 7.11 Å². The normalized spacial score (nSPS) is 17.3. The van der Waals surface area contributed by atoms with Crippen molar-refractivity contribution in [3.05, 3.63) is 28.3 Å². The Balaban J connectivity index is 2.60. The summed E-state index contributed by atoms with van der Waals surface area (Å²) >= 11 is 6.18. The number of hydrogen-bond donors (Lipinski definition) is 1. The van der Waals surface area contributed by atoms with Crippen molar-refractivity contribution in [2.75, 3.05) is 13.7 Å². The van der Waals surface area contributed by atoms with Gasteiger partial charge in [0.25, 0.3) is 0 Å². The molecule has 2 N–H and O–H groups in total. The zero-order valence-corrected chi connectivity index (χ0v) is 11.5. The number of nitrogens with two attached hydrogens (primary N) is 1. The van der Waals surface area contributed by atoms with E-state index in [0.717, 1.165) is 23.6 Å². The zero-order valence-electron chi connectivity index (χ0n) is 10.7. The lowest BCUT2D eigenvalue weighted by Gasteiger charge is -2.23. The molecule has 2 rings (SSSR count). The Bertz CT molecular complexity index is 424. The Labute approximate surface area is 108 Å². The van der Waals surface area contributed by atoms with E-state index in [9.17, 15) is 0 Å². The Kier molecular flexibility index (Phi) is 3.37. The van der Waals surface area contributed by atoms with Crippen LogP contribution in [0.2, 0.25) is 5.02 Å². The van der Waals surface area contributed by atoms with Crippen molar-refractivity contribution in [2.45, 2.75) is 38.0 Å². The number of rotatable bonds is 4. The van der Waals surface area contributed by atoms with E-state index in [4.69, 9.17) is 22.1 Å². The minimum atomic E-state index is 0.151. The second-order valence-corrected chi connectivity index (χ2v) is 5.64. The molecule has 0 aromatic heterocycles. The number of methoxy groups -OCH3 is 1. The second-order valence-electron chi connectivity index (χ2n) is 5.21. The van der Waals surface area contributed by atoms with Crippen molar-refractivity contribution < 1.29 is 4.74 Å². The summed E-state index contributed by atoms with van der Waals surface area (Å²) in [6, 6.07) is 3.96. The summed E-state index contributed by atoms with van der Waals surface area (Å²) in [6.45, 7) is 5.06. The number of halogens is 1. The fourth-order valence-corrected chi connectivity index (χ4v) is 2.74. The molecule has 1 aliphatic carbocycles. The third-order valence-corrected chi connectivity index (χ3v) is 3.94. The maximum Gasteiger partial charge on any atom is 0.124 e. The van der Waals surface area contributed by atoms with Crippen LogP contribution in [0.15, 0.2) is 12.1 Å². The van der Waals surface area contributed by atoms with Gasteiger partial charge in [-0.25, -0.2) is 0 Å². The molecule has 0 radical (unpaired) electrons. The third kappa shape index (κ3) is 2.16. The smallest absolute Gasteiger partial charge is 0.124 e. The van der Waals surface area contributed by atoms with E-state index in [1.54, 1.807) is 7.11 Å². The van der Waals surface area contributed by atoms with Crippen LogP contribution >= 0.6 is 11.6 Å². The summed E-state index contributed by atoms with van der Waals surface area (Å²) in [5, 5.41) is 0.737. The lowest BCUT2D eigenvalue weighted by atomic mass is 9.86. The van der Waals surface area contributed by atoms with Gasteiger partial charge in [-0.1, -0.05) is 25.4 Å². The number of ether oxygens (including phenoxy) is 1. The van der Waals surface area contributed by atoms with Crippen LogP contribution in [0.3, 0.4) is 0 Å². The van der Waals surface area contributed by atoms with Gasteiger partial charge in [-0.3, -0.25) is 0 Å². The summed E-state index contributed by atoms with van der Waals surface area (Å²) in [5.74, 6) is 1.31. The molecular formula is C14H20ClNO. The Morgan fingerprint density at radius 3 is 2.47 bits per heavy atom. The van der Waals surface area contributed by atoms with Crippen molar-refractivity contribution >= 4 is 11.6 Å². The Morgan fingerprint density at radius 2 is 2.06 bits per heavy atom. The third-order valence-electron chi connectivity index (χ3n) is 3.72. The average Bonchev–Trinajstić information content (AvgIpc) is 3.08. The van der Waals surface area contributed by atoms with E-state index in [0.29, 0.717) is 12.5 Å². The SMILES string of the molecule is COc1cc(Cl)cc(C2(CN)CC2)c1C(C)C. The minimum Gasteiger partial charge on any atom is -0.496 e. The van der Waals surface area contributed by atoms with E-state index in [1.165, 1.54) is 11.1 Å². The van der Waals surface area contributed by atoms with Gasteiger partial charge in [0.1, 0.15) is 5.75 Å². The molecule has 0 atom stereocenters.